The lowest BCUT2D eigenvalue weighted by molar-refractivity contribution is 0.195. The second kappa shape index (κ2) is 7.38. The van der Waals surface area contributed by atoms with Crippen molar-refractivity contribution in [2.75, 3.05) is 19.7 Å². The highest BCUT2D eigenvalue weighted by molar-refractivity contribution is 7.09. The number of aromatic nitrogens is 1. The van der Waals surface area contributed by atoms with Crippen molar-refractivity contribution in [2.45, 2.75) is 19.9 Å². The molecule has 2 rings (SSSR count). The molecule has 0 spiro atoms. The van der Waals surface area contributed by atoms with Crippen LogP contribution in [-0.4, -0.2) is 34.7 Å². The molecule has 0 atom stereocenters. The fourth-order valence-electron chi connectivity index (χ4n) is 1.99. The number of hydrogen-bond donors (Lipinski definition) is 1. The third-order valence-electron chi connectivity index (χ3n) is 3.05. The number of aliphatic hydroxyl groups is 1. The van der Waals surface area contributed by atoms with Crippen LogP contribution in [0.25, 0.3) is 0 Å². The number of nitrogens with zero attached hydrogens (tertiary/aromatic N) is 2. The van der Waals surface area contributed by atoms with Gasteiger partial charge in [0, 0.05) is 24.9 Å². The van der Waals surface area contributed by atoms with E-state index >= 15 is 0 Å². The van der Waals surface area contributed by atoms with Crippen molar-refractivity contribution < 1.29 is 5.11 Å². The largest absolute Gasteiger partial charge is 0.395 e. The van der Waals surface area contributed by atoms with Gasteiger partial charge in [-0.05, 0) is 12.1 Å². The van der Waals surface area contributed by atoms with Crippen LogP contribution < -0.4 is 0 Å². The Labute approximate surface area is 118 Å². The summed E-state index contributed by atoms with van der Waals surface area (Å²) in [5.41, 5.74) is 2.40. The average molecular weight is 276 g/mol. The molecule has 1 aromatic carbocycles. The number of rotatable bonds is 7. The Balaban J connectivity index is 1.95. The smallest absolute Gasteiger partial charge is 0.0972 e. The van der Waals surface area contributed by atoms with E-state index in [1.807, 2.05) is 6.07 Å². The van der Waals surface area contributed by atoms with Crippen LogP contribution in [0.5, 0.6) is 0 Å². The van der Waals surface area contributed by atoms with Crippen LogP contribution in [0.3, 0.4) is 0 Å². The lowest BCUT2D eigenvalue weighted by Gasteiger charge is -2.17. The van der Waals surface area contributed by atoms with Crippen molar-refractivity contribution in [1.82, 2.24) is 9.88 Å². The molecule has 0 amide bonds. The van der Waals surface area contributed by atoms with E-state index in [0.29, 0.717) is 6.54 Å². The summed E-state index contributed by atoms with van der Waals surface area (Å²) in [7, 11) is 0. The monoisotopic (exact) mass is 276 g/mol. The molecular weight excluding hydrogens is 256 g/mol. The molecular formula is C15H20N2OS. The second-order valence-electron chi connectivity index (χ2n) is 4.49. The fourth-order valence-corrected chi connectivity index (χ4v) is 2.81. The molecule has 0 aliphatic carbocycles. The molecule has 0 fully saturated rings. The van der Waals surface area contributed by atoms with Gasteiger partial charge in [-0.3, -0.25) is 4.90 Å². The molecule has 3 nitrogen and oxygen atoms in total. The van der Waals surface area contributed by atoms with Crippen LogP contribution in [0.2, 0.25) is 0 Å². The van der Waals surface area contributed by atoms with Crippen LogP contribution in [-0.2, 0) is 13.0 Å². The van der Waals surface area contributed by atoms with E-state index in [9.17, 15) is 0 Å². The van der Waals surface area contributed by atoms with E-state index in [4.69, 9.17) is 5.11 Å². The summed E-state index contributed by atoms with van der Waals surface area (Å²) >= 11 is 1.71. The lowest BCUT2D eigenvalue weighted by atomic mass is 10.2. The molecule has 2 aromatic rings. The van der Waals surface area contributed by atoms with Crippen molar-refractivity contribution >= 4 is 11.3 Å². The van der Waals surface area contributed by atoms with Gasteiger partial charge in [-0.25, -0.2) is 4.98 Å². The molecule has 0 aliphatic rings. The first-order chi connectivity index (χ1) is 9.31. The summed E-state index contributed by atoms with van der Waals surface area (Å²) in [6.07, 6.45) is 0.900. The predicted octanol–water partition coefficient (Wildman–Crippen LogP) is 2.55. The highest BCUT2D eigenvalue weighted by Crippen LogP contribution is 2.15. The molecule has 0 saturated carbocycles. The Morgan fingerprint density at radius 3 is 2.74 bits per heavy atom. The number of thiazole rings is 1. The molecule has 0 aliphatic heterocycles. The minimum absolute atomic E-state index is 0.203. The predicted molar refractivity (Wildman–Crippen MR) is 79.4 cm³/mol. The van der Waals surface area contributed by atoms with Gasteiger partial charge >= 0.3 is 0 Å². The maximum absolute atomic E-state index is 8.99. The Hall–Kier alpha value is -1.23. The van der Waals surface area contributed by atoms with Gasteiger partial charge in [0.15, 0.2) is 0 Å². The zero-order valence-corrected chi connectivity index (χ0v) is 12.1. The summed E-state index contributed by atoms with van der Waals surface area (Å²) in [6.45, 7) is 4.78. The van der Waals surface area contributed by atoms with Crippen LogP contribution in [0, 0.1) is 0 Å². The number of aliphatic hydroxyl groups excluding tert-OH is 1. The van der Waals surface area contributed by atoms with Crippen molar-refractivity contribution in [3.8, 4) is 0 Å². The van der Waals surface area contributed by atoms with Gasteiger partial charge in [-0.1, -0.05) is 37.3 Å². The third-order valence-corrected chi connectivity index (χ3v) is 3.94. The molecule has 0 saturated heterocycles. The molecule has 0 bridgehead atoms. The molecule has 1 N–H and O–H groups in total. The van der Waals surface area contributed by atoms with Crippen LogP contribution in [0.4, 0.5) is 0 Å². The van der Waals surface area contributed by atoms with E-state index in [1.165, 1.54) is 5.56 Å². The van der Waals surface area contributed by atoms with Gasteiger partial charge in [0.1, 0.15) is 0 Å². The highest BCUT2D eigenvalue weighted by atomic mass is 32.1. The first kappa shape index (κ1) is 14.2. The van der Waals surface area contributed by atoms with Crippen molar-refractivity contribution in [3.63, 3.8) is 0 Å². The van der Waals surface area contributed by atoms with Gasteiger partial charge in [-0.15, -0.1) is 11.3 Å². The standard InChI is InChI=1S/C15H20N2OS/c1-2-17(8-9-18)11-14-12-19-15(16-14)10-13-6-4-3-5-7-13/h3-7,12,18H,2,8-11H2,1H3. The van der Waals surface area contributed by atoms with Crippen LogP contribution >= 0.6 is 11.3 Å². The summed E-state index contributed by atoms with van der Waals surface area (Å²) in [5, 5.41) is 12.3. The Morgan fingerprint density at radius 2 is 2.05 bits per heavy atom. The van der Waals surface area contributed by atoms with E-state index < -0.39 is 0 Å². The summed E-state index contributed by atoms with van der Waals surface area (Å²) in [4.78, 5) is 6.87. The van der Waals surface area contributed by atoms with Crippen molar-refractivity contribution in [2.24, 2.45) is 0 Å². The first-order valence-corrected chi connectivity index (χ1v) is 7.50. The number of likely N-dealkylation sites (N-methyl/N-ethyl adjacent to an activating group) is 1. The first-order valence-electron chi connectivity index (χ1n) is 6.62. The van der Waals surface area contributed by atoms with E-state index in [1.54, 1.807) is 11.3 Å². The molecule has 1 aromatic heterocycles. The Morgan fingerprint density at radius 1 is 1.26 bits per heavy atom. The Bertz CT molecular complexity index is 484. The van der Waals surface area contributed by atoms with E-state index in [-0.39, 0.29) is 6.61 Å². The van der Waals surface area contributed by atoms with E-state index in [0.717, 1.165) is 30.2 Å². The minimum atomic E-state index is 0.203. The van der Waals surface area contributed by atoms with Crippen LogP contribution in [0.1, 0.15) is 23.2 Å². The normalized spacial score (nSPS) is 11.1. The minimum Gasteiger partial charge on any atom is -0.395 e. The molecule has 0 radical (unpaired) electrons. The third kappa shape index (κ3) is 4.42. The molecule has 102 valence electrons. The van der Waals surface area contributed by atoms with Gasteiger partial charge in [-0.2, -0.15) is 0 Å². The van der Waals surface area contributed by atoms with E-state index in [2.05, 4.69) is 46.5 Å². The maximum Gasteiger partial charge on any atom is 0.0972 e. The fraction of sp³-hybridized carbons (Fsp3) is 0.400. The highest BCUT2D eigenvalue weighted by Gasteiger charge is 2.07. The number of benzene rings is 1. The van der Waals surface area contributed by atoms with Crippen molar-refractivity contribution in [3.05, 3.63) is 52.0 Å². The molecule has 0 unspecified atom stereocenters. The number of hydrogen-bond acceptors (Lipinski definition) is 4. The van der Waals surface area contributed by atoms with Crippen molar-refractivity contribution in [1.29, 1.82) is 0 Å². The maximum atomic E-state index is 8.99. The van der Waals surface area contributed by atoms with Gasteiger partial charge in [0.05, 0.1) is 17.3 Å². The zero-order valence-electron chi connectivity index (χ0n) is 11.2. The SMILES string of the molecule is CCN(CCO)Cc1csc(Cc2ccccc2)n1. The molecule has 4 heteroatoms. The second-order valence-corrected chi connectivity index (χ2v) is 5.43. The topological polar surface area (TPSA) is 36.4 Å². The summed E-state index contributed by atoms with van der Waals surface area (Å²) in [6, 6.07) is 10.4. The van der Waals surface area contributed by atoms with Gasteiger partial charge in [0.2, 0.25) is 0 Å². The summed E-state index contributed by atoms with van der Waals surface area (Å²) in [5.74, 6) is 0. The summed E-state index contributed by atoms with van der Waals surface area (Å²) < 4.78 is 0. The molecule has 1 heterocycles. The van der Waals surface area contributed by atoms with Gasteiger partial charge < -0.3 is 5.11 Å². The lowest BCUT2D eigenvalue weighted by Crippen LogP contribution is -2.26. The van der Waals surface area contributed by atoms with Gasteiger partial charge in [0.25, 0.3) is 0 Å². The zero-order chi connectivity index (χ0) is 13.5. The quantitative estimate of drug-likeness (QED) is 0.844. The Kier molecular flexibility index (Phi) is 5.51. The molecule has 19 heavy (non-hydrogen) atoms. The van der Waals surface area contributed by atoms with Crippen LogP contribution in [0.15, 0.2) is 35.7 Å². The average Bonchev–Trinajstić information content (AvgIpc) is 2.86.